The van der Waals surface area contributed by atoms with Gasteiger partial charge >= 0.3 is 0 Å². The Labute approximate surface area is 386 Å². The first kappa shape index (κ1) is 59.1. The Morgan fingerprint density at radius 2 is 0.571 bits per heavy atom. The van der Waals surface area contributed by atoms with Crippen molar-refractivity contribution in [3.05, 3.63) is 0 Å². The van der Waals surface area contributed by atoms with Gasteiger partial charge in [-0.15, -0.1) is 0 Å². The van der Waals surface area contributed by atoms with Crippen LogP contribution < -0.4 is 63.8 Å². The summed E-state index contributed by atoms with van der Waals surface area (Å²) in [6, 6.07) is 2.42. The van der Waals surface area contributed by atoms with Crippen LogP contribution in [-0.2, 0) is 14.4 Å². The van der Waals surface area contributed by atoms with Crippen molar-refractivity contribution in [1.29, 1.82) is 0 Å². The molecule has 1 unspecified atom stereocenters. The molecule has 6 aliphatic rings. The van der Waals surface area contributed by atoms with Crippen molar-refractivity contribution in [2.45, 2.75) is 158 Å². The average molecular weight is 895 g/mol. The molecule has 372 valence electrons. The fourth-order valence-electron chi connectivity index (χ4n) is 7.19. The van der Waals surface area contributed by atoms with E-state index in [4.69, 9.17) is 0 Å². The molecule has 6 aliphatic heterocycles. The molecule has 0 aromatic carbocycles. The quantitative estimate of drug-likeness (QED) is 0.0961. The van der Waals surface area contributed by atoms with Gasteiger partial charge in [0.15, 0.2) is 0 Å². The first-order valence-corrected chi connectivity index (χ1v) is 25.3. The van der Waals surface area contributed by atoms with Crippen molar-refractivity contribution in [1.82, 2.24) is 63.8 Å². The second kappa shape index (κ2) is 36.2. The van der Waals surface area contributed by atoms with Crippen LogP contribution in [0.15, 0.2) is 0 Å². The third-order valence-electron chi connectivity index (χ3n) is 11.1. The summed E-state index contributed by atoms with van der Waals surface area (Å²) in [7, 11) is 0. The molecule has 6 atom stereocenters. The molecule has 0 radical (unpaired) electrons. The van der Waals surface area contributed by atoms with Crippen LogP contribution in [0.3, 0.4) is 0 Å². The Balaban J connectivity index is 0.000000378. The van der Waals surface area contributed by atoms with Gasteiger partial charge in [-0.3, -0.25) is 14.4 Å². The lowest BCUT2D eigenvalue weighted by Crippen LogP contribution is -2.38. The van der Waals surface area contributed by atoms with E-state index in [1.165, 1.54) is 38.9 Å². The standard InChI is InChI=1S/3C8H16N2O.3C8H18N2/c3*1-6(2)5-10-7-3-4-9-8(7)11;3*1-7(2)5-10-8-3-4-9-6-8/h3*6-7,10H,3-5H2,1-2H3,(H,9,11);3*7-10H,3-6H2,1-2H3/t2*7-;;3*8-/m10.110/s1. The van der Waals surface area contributed by atoms with Crippen molar-refractivity contribution in [3.8, 4) is 0 Å². The van der Waals surface area contributed by atoms with E-state index in [1.807, 2.05) is 0 Å². The van der Waals surface area contributed by atoms with Crippen LogP contribution in [-0.4, -0.2) is 152 Å². The Morgan fingerprint density at radius 3 is 0.730 bits per heavy atom. The van der Waals surface area contributed by atoms with Crippen LogP contribution in [0.25, 0.3) is 0 Å². The zero-order valence-corrected chi connectivity index (χ0v) is 42.5. The van der Waals surface area contributed by atoms with Gasteiger partial charge in [0.2, 0.25) is 17.7 Å². The van der Waals surface area contributed by atoms with Crippen molar-refractivity contribution < 1.29 is 14.4 Å². The van der Waals surface area contributed by atoms with Gasteiger partial charge in [-0.25, -0.2) is 0 Å². The van der Waals surface area contributed by atoms with Crippen LogP contribution in [0, 0.1) is 35.5 Å². The fraction of sp³-hybridized carbons (Fsp3) is 0.938. The van der Waals surface area contributed by atoms with Gasteiger partial charge in [-0.05, 0) is 133 Å². The number of hydrogen-bond acceptors (Lipinski definition) is 12. The van der Waals surface area contributed by atoms with E-state index in [-0.39, 0.29) is 35.8 Å². The van der Waals surface area contributed by atoms with Gasteiger partial charge in [0.1, 0.15) is 0 Å². The van der Waals surface area contributed by atoms with E-state index in [0.717, 1.165) is 134 Å². The largest absolute Gasteiger partial charge is 0.355 e. The van der Waals surface area contributed by atoms with Crippen LogP contribution in [0.1, 0.15) is 122 Å². The van der Waals surface area contributed by atoms with E-state index in [0.29, 0.717) is 17.8 Å². The van der Waals surface area contributed by atoms with E-state index in [1.54, 1.807) is 0 Å². The molecule has 63 heavy (non-hydrogen) atoms. The maximum atomic E-state index is 11.0. The first-order valence-electron chi connectivity index (χ1n) is 25.3. The molecular weight excluding hydrogens is 793 g/mol. The lowest BCUT2D eigenvalue weighted by Gasteiger charge is -2.12. The minimum absolute atomic E-state index is 0.0670. The fourth-order valence-corrected chi connectivity index (χ4v) is 7.19. The molecule has 0 aromatic heterocycles. The zero-order valence-electron chi connectivity index (χ0n) is 42.5. The smallest absolute Gasteiger partial charge is 0.237 e. The summed E-state index contributed by atoms with van der Waals surface area (Å²) < 4.78 is 0. The maximum absolute atomic E-state index is 11.0. The molecule has 3 amide bonds. The van der Waals surface area contributed by atoms with E-state index < -0.39 is 0 Å². The lowest BCUT2D eigenvalue weighted by molar-refractivity contribution is -0.121. The zero-order chi connectivity index (χ0) is 47.0. The number of amides is 3. The van der Waals surface area contributed by atoms with E-state index in [9.17, 15) is 14.4 Å². The third-order valence-corrected chi connectivity index (χ3v) is 11.1. The normalized spacial score (nSPS) is 25.1. The van der Waals surface area contributed by atoms with Gasteiger partial charge in [0.25, 0.3) is 0 Å². The maximum Gasteiger partial charge on any atom is 0.237 e. The molecule has 0 aromatic rings. The number of rotatable bonds is 18. The van der Waals surface area contributed by atoms with Gasteiger partial charge in [-0.1, -0.05) is 83.1 Å². The summed E-state index contributed by atoms with van der Waals surface area (Å²) >= 11 is 0. The Hall–Kier alpha value is -1.95. The predicted molar refractivity (Wildman–Crippen MR) is 265 cm³/mol. The van der Waals surface area contributed by atoms with E-state index in [2.05, 4.69) is 147 Å². The molecule has 6 rings (SSSR count). The molecule has 0 aliphatic carbocycles. The second-order valence-electron chi connectivity index (χ2n) is 20.8. The lowest BCUT2D eigenvalue weighted by atomic mass is 10.2. The highest BCUT2D eigenvalue weighted by atomic mass is 16.2. The molecule has 6 heterocycles. The molecular formula is C48H102N12O3. The average Bonchev–Trinajstić information content (AvgIpc) is 4.09. The van der Waals surface area contributed by atoms with Crippen molar-refractivity contribution in [3.63, 3.8) is 0 Å². The SMILES string of the molecule is CC(C)CNC1CCNC1=O.CC(C)CN[C@@H]1CCNC1.CC(C)CN[C@@H]1CCNC1.CC(C)CN[C@@H]1CCNC1=O.CC(C)CN[C@H]1CCNC1.CC(C)CN[C@H]1CCNC1=O. The summed E-state index contributed by atoms with van der Waals surface area (Å²) in [6.07, 6.45) is 6.70. The number of carbonyl (C=O) groups excluding carboxylic acids is 3. The van der Waals surface area contributed by atoms with Gasteiger partial charge in [0.05, 0.1) is 18.1 Å². The van der Waals surface area contributed by atoms with Gasteiger partial charge in [-0.2, -0.15) is 0 Å². The van der Waals surface area contributed by atoms with Crippen LogP contribution in [0.4, 0.5) is 0 Å². The Kier molecular flexibility index (Phi) is 33.9. The minimum atomic E-state index is 0.0670. The molecule has 6 fully saturated rings. The molecule has 15 heteroatoms. The Morgan fingerprint density at radius 1 is 0.349 bits per heavy atom. The molecule has 0 saturated carbocycles. The summed E-state index contributed by atoms with van der Waals surface area (Å²) in [5, 5.41) is 38.6. The van der Waals surface area contributed by atoms with Crippen LogP contribution >= 0.6 is 0 Å². The monoisotopic (exact) mass is 895 g/mol. The van der Waals surface area contributed by atoms with Crippen molar-refractivity contribution in [2.75, 3.05) is 98.2 Å². The first-order chi connectivity index (χ1) is 30.0. The summed E-state index contributed by atoms with van der Waals surface area (Å²) in [4.78, 5) is 33.0. The summed E-state index contributed by atoms with van der Waals surface area (Å²) in [5.74, 6) is 4.65. The number of nitrogens with one attached hydrogen (secondary N) is 12. The third kappa shape index (κ3) is 32.4. The van der Waals surface area contributed by atoms with Gasteiger partial charge < -0.3 is 63.8 Å². The molecule has 0 bridgehead atoms. The number of carbonyl (C=O) groups is 3. The summed E-state index contributed by atoms with van der Waals surface area (Å²) in [6.45, 7) is 42.1. The molecule has 12 N–H and O–H groups in total. The Bertz CT molecular complexity index is 1000. The molecule has 0 spiro atoms. The second-order valence-corrected chi connectivity index (χ2v) is 20.8. The number of hydrogen-bond donors (Lipinski definition) is 12. The highest BCUT2D eigenvalue weighted by molar-refractivity contribution is 5.84. The van der Waals surface area contributed by atoms with Crippen LogP contribution in [0.5, 0.6) is 0 Å². The minimum Gasteiger partial charge on any atom is -0.355 e. The topological polar surface area (TPSA) is 196 Å². The van der Waals surface area contributed by atoms with Crippen molar-refractivity contribution in [2.24, 2.45) is 35.5 Å². The van der Waals surface area contributed by atoms with E-state index >= 15 is 0 Å². The predicted octanol–water partition coefficient (Wildman–Crippen LogP) is 2.14. The highest BCUT2D eigenvalue weighted by Crippen LogP contribution is 2.03. The summed E-state index contributed by atoms with van der Waals surface area (Å²) in [5.41, 5.74) is 0. The highest BCUT2D eigenvalue weighted by Gasteiger charge is 2.25. The molecule has 6 saturated heterocycles. The van der Waals surface area contributed by atoms with Crippen molar-refractivity contribution >= 4 is 17.7 Å². The molecule has 15 nitrogen and oxygen atoms in total. The van der Waals surface area contributed by atoms with Crippen LogP contribution in [0.2, 0.25) is 0 Å². The van der Waals surface area contributed by atoms with Gasteiger partial charge in [0, 0.05) is 57.4 Å².